The maximum Gasteiger partial charge on any atom is 0.490 e. The van der Waals surface area contributed by atoms with Gasteiger partial charge in [-0.2, -0.15) is 21.6 Å². The second-order valence-electron chi connectivity index (χ2n) is 5.54. The highest BCUT2D eigenvalue weighted by molar-refractivity contribution is 7.86. The fourth-order valence-corrected chi connectivity index (χ4v) is 2.58. The quantitative estimate of drug-likeness (QED) is 0.656. The van der Waals surface area contributed by atoms with Crippen molar-refractivity contribution < 1.29 is 40.4 Å². The third-order valence-electron chi connectivity index (χ3n) is 3.08. The van der Waals surface area contributed by atoms with Gasteiger partial charge >= 0.3 is 12.1 Å². The standard InChI is InChI=1S/C14H18N2O4S.C2HF3O2/c1-11-3-5-14(6-4-11)21(17,18)20-8-12(2)19-9-13-7-15-10-16-13;3-2(4,5)1(6)7/h3-7,10,12H,8-9H2,1-2H3,(H,15,16);(H,6,7). The van der Waals surface area contributed by atoms with E-state index in [0.717, 1.165) is 11.3 Å². The Labute approximate surface area is 159 Å². The second kappa shape index (κ2) is 10.2. The number of carboxylic acids is 1. The summed E-state index contributed by atoms with van der Waals surface area (Å²) in [5.41, 5.74) is 1.74. The van der Waals surface area contributed by atoms with Crippen molar-refractivity contribution in [3.63, 3.8) is 0 Å². The second-order valence-corrected chi connectivity index (χ2v) is 7.15. The first-order valence-corrected chi connectivity index (χ1v) is 9.18. The molecule has 0 aliphatic carbocycles. The lowest BCUT2D eigenvalue weighted by Crippen LogP contribution is -2.21. The Balaban J connectivity index is 0.000000480. The van der Waals surface area contributed by atoms with Crippen molar-refractivity contribution in [3.05, 3.63) is 48.0 Å². The van der Waals surface area contributed by atoms with Gasteiger partial charge in [-0.05, 0) is 26.0 Å². The van der Waals surface area contributed by atoms with Crippen LogP contribution in [0.25, 0.3) is 0 Å². The molecule has 0 saturated carbocycles. The first kappa shape index (κ1) is 23.6. The molecule has 28 heavy (non-hydrogen) atoms. The molecule has 0 aliphatic heterocycles. The molecular weight excluding hydrogens is 405 g/mol. The minimum atomic E-state index is -5.08. The Morgan fingerprint density at radius 2 is 1.86 bits per heavy atom. The summed E-state index contributed by atoms with van der Waals surface area (Å²) in [7, 11) is -3.75. The maximum absolute atomic E-state index is 12.0. The highest BCUT2D eigenvalue weighted by Crippen LogP contribution is 2.14. The Bertz CT molecular complexity index is 836. The molecule has 0 radical (unpaired) electrons. The van der Waals surface area contributed by atoms with E-state index in [0.29, 0.717) is 6.61 Å². The molecule has 2 N–H and O–H groups in total. The van der Waals surface area contributed by atoms with Crippen LogP contribution in [-0.4, -0.2) is 48.3 Å². The molecule has 0 aliphatic rings. The van der Waals surface area contributed by atoms with E-state index in [2.05, 4.69) is 9.97 Å². The average Bonchev–Trinajstić information content (AvgIpc) is 3.12. The molecule has 156 valence electrons. The van der Waals surface area contributed by atoms with E-state index >= 15 is 0 Å². The van der Waals surface area contributed by atoms with Crippen LogP contribution in [0.4, 0.5) is 13.2 Å². The van der Waals surface area contributed by atoms with E-state index < -0.39 is 22.3 Å². The number of aromatic amines is 1. The molecule has 2 aromatic rings. The molecule has 1 aromatic carbocycles. The topological polar surface area (TPSA) is 119 Å². The number of halogens is 3. The average molecular weight is 424 g/mol. The van der Waals surface area contributed by atoms with Gasteiger partial charge in [-0.3, -0.25) is 4.18 Å². The molecule has 1 unspecified atom stereocenters. The predicted molar refractivity (Wildman–Crippen MR) is 90.8 cm³/mol. The first-order valence-electron chi connectivity index (χ1n) is 7.77. The van der Waals surface area contributed by atoms with Crippen LogP contribution in [0.3, 0.4) is 0 Å². The number of H-pyrrole nitrogens is 1. The number of nitrogens with zero attached hydrogens (tertiary/aromatic N) is 1. The number of hydrogen-bond donors (Lipinski definition) is 2. The van der Waals surface area contributed by atoms with Crippen molar-refractivity contribution in [1.82, 2.24) is 9.97 Å². The molecule has 8 nitrogen and oxygen atoms in total. The van der Waals surface area contributed by atoms with Crippen LogP contribution >= 0.6 is 0 Å². The highest BCUT2D eigenvalue weighted by atomic mass is 32.2. The number of carbonyl (C=O) groups is 1. The molecule has 0 spiro atoms. The zero-order chi connectivity index (χ0) is 21.4. The van der Waals surface area contributed by atoms with Crippen LogP contribution in [-0.2, 0) is 30.4 Å². The van der Waals surface area contributed by atoms with Gasteiger partial charge in [0.2, 0.25) is 0 Å². The summed E-state index contributed by atoms with van der Waals surface area (Å²) in [5, 5.41) is 7.12. The Hall–Kier alpha value is -2.44. The van der Waals surface area contributed by atoms with E-state index in [1.54, 1.807) is 31.6 Å². The van der Waals surface area contributed by atoms with Crippen molar-refractivity contribution in [2.45, 2.75) is 37.6 Å². The number of nitrogens with one attached hydrogen (secondary N) is 1. The lowest BCUT2D eigenvalue weighted by Gasteiger charge is -2.12. The number of hydrogen-bond acceptors (Lipinski definition) is 6. The van der Waals surface area contributed by atoms with E-state index in [9.17, 15) is 21.6 Å². The van der Waals surface area contributed by atoms with Gasteiger partial charge in [0.1, 0.15) is 0 Å². The largest absolute Gasteiger partial charge is 0.490 e. The van der Waals surface area contributed by atoms with E-state index in [1.165, 1.54) is 12.1 Å². The maximum atomic E-state index is 12.0. The molecule has 12 heteroatoms. The Kier molecular flexibility index (Phi) is 8.60. The number of carboxylic acid groups (broad SMARTS) is 1. The van der Waals surface area contributed by atoms with Gasteiger partial charge in [0.25, 0.3) is 10.1 Å². The monoisotopic (exact) mass is 424 g/mol. The molecule has 2 rings (SSSR count). The third-order valence-corrected chi connectivity index (χ3v) is 4.38. The lowest BCUT2D eigenvalue weighted by atomic mass is 10.2. The molecule has 1 heterocycles. The SMILES string of the molecule is Cc1ccc(S(=O)(=O)OCC(C)OCc2c[nH]cn2)cc1.O=C(O)C(F)(F)F. The lowest BCUT2D eigenvalue weighted by molar-refractivity contribution is -0.192. The summed E-state index contributed by atoms with van der Waals surface area (Å²) in [6.07, 6.45) is -2.17. The minimum absolute atomic E-state index is 0.0410. The summed E-state index contributed by atoms with van der Waals surface area (Å²) < 4.78 is 66.2. The van der Waals surface area contributed by atoms with E-state index in [4.69, 9.17) is 18.8 Å². The van der Waals surface area contributed by atoms with Crippen molar-refractivity contribution in [1.29, 1.82) is 0 Å². The number of alkyl halides is 3. The predicted octanol–water partition coefficient (Wildman–Crippen LogP) is 2.66. The van der Waals surface area contributed by atoms with Gasteiger partial charge in [0.15, 0.2) is 0 Å². The molecule has 0 fully saturated rings. The highest BCUT2D eigenvalue weighted by Gasteiger charge is 2.38. The number of aliphatic carboxylic acids is 1. The zero-order valence-electron chi connectivity index (χ0n) is 14.9. The van der Waals surface area contributed by atoms with Crippen molar-refractivity contribution in [2.24, 2.45) is 0 Å². The van der Waals surface area contributed by atoms with Gasteiger partial charge < -0.3 is 14.8 Å². The summed E-state index contributed by atoms with van der Waals surface area (Å²) >= 11 is 0. The van der Waals surface area contributed by atoms with Gasteiger partial charge in [0.05, 0.1) is 36.2 Å². The van der Waals surface area contributed by atoms with E-state index in [-0.39, 0.29) is 17.6 Å². The van der Waals surface area contributed by atoms with Gasteiger partial charge in [-0.1, -0.05) is 17.7 Å². The number of aromatic nitrogens is 2. The van der Waals surface area contributed by atoms with Gasteiger partial charge in [0, 0.05) is 6.20 Å². The van der Waals surface area contributed by atoms with Gasteiger partial charge in [-0.25, -0.2) is 9.78 Å². The first-order chi connectivity index (χ1) is 12.9. The number of imidazole rings is 1. The summed E-state index contributed by atoms with van der Waals surface area (Å²) in [6.45, 7) is 3.90. The van der Waals surface area contributed by atoms with Crippen LogP contribution in [0.5, 0.6) is 0 Å². The molecule has 0 bridgehead atoms. The smallest absolute Gasteiger partial charge is 0.475 e. The fraction of sp³-hybridized carbons (Fsp3) is 0.375. The third kappa shape index (κ3) is 8.50. The van der Waals surface area contributed by atoms with Crippen molar-refractivity contribution >= 4 is 16.1 Å². The Morgan fingerprint density at radius 3 is 2.32 bits per heavy atom. The molecule has 1 atom stereocenters. The van der Waals surface area contributed by atoms with Crippen LogP contribution < -0.4 is 0 Å². The van der Waals surface area contributed by atoms with Gasteiger partial charge in [-0.15, -0.1) is 0 Å². The summed E-state index contributed by atoms with van der Waals surface area (Å²) in [5.74, 6) is -2.76. The molecular formula is C16H19F3N2O6S. The molecule has 1 aromatic heterocycles. The Morgan fingerprint density at radius 1 is 1.29 bits per heavy atom. The van der Waals surface area contributed by atoms with Crippen LogP contribution in [0.1, 0.15) is 18.2 Å². The normalized spacial score (nSPS) is 12.8. The fourth-order valence-electron chi connectivity index (χ4n) is 1.60. The summed E-state index contributed by atoms with van der Waals surface area (Å²) in [4.78, 5) is 15.9. The number of ether oxygens (including phenoxy) is 1. The molecule has 0 saturated heterocycles. The van der Waals surface area contributed by atoms with Crippen LogP contribution in [0, 0.1) is 6.92 Å². The molecule has 0 amide bonds. The van der Waals surface area contributed by atoms with Crippen molar-refractivity contribution in [3.8, 4) is 0 Å². The number of aryl methyl sites for hydroxylation is 1. The zero-order valence-corrected chi connectivity index (χ0v) is 15.7. The van der Waals surface area contributed by atoms with Crippen LogP contribution in [0.15, 0.2) is 41.7 Å². The number of benzene rings is 1. The minimum Gasteiger partial charge on any atom is -0.475 e. The number of rotatable bonds is 7. The summed E-state index contributed by atoms with van der Waals surface area (Å²) in [6, 6.07) is 6.52. The van der Waals surface area contributed by atoms with Crippen LogP contribution in [0.2, 0.25) is 0 Å². The van der Waals surface area contributed by atoms with Crippen molar-refractivity contribution in [2.75, 3.05) is 6.61 Å². The van der Waals surface area contributed by atoms with E-state index in [1.807, 2.05) is 6.92 Å².